The first-order valence-electron chi connectivity index (χ1n) is 3.76. The summed E-state index contributed by atoms with van der Waals surface area (Å²) in [6.45, 7) is 1.73. The van der Waals surface area contributed by atoms with Crippen molar-refractivity contribution in [2.45, 2.75) is 6.92 Å². The molecule has 2 aromatic heterocycles. The number of nitrogens with zero attached hydrogens (tertiary/aromatic N) is 1. The summed E-state index contributed by atoms with van der Waals surface area (Å²) in [5.41, 5.74) is 0.245. The lowest BCUT2D eigenvalue weighted by atomic mass is 10.2. The van der Waals surface area contributed by atoms with Crippen molar-refractivity contribution in [2.75, 3.05) is 0 Å². The Kier molecular flexibility index (Phi) is 1.51. The number of aromatic amines is 2. The number of hydrogen-bond donors (Lipinski definition) is 2. The maximum atomic E-state index is 11.2. The highest BCUT2D eigenvalue weighted by atomic mass is 16.2. The zero-order chi connectivity index (χ0) is 9.42. The number of pyridine rings is 1. The van der Waals surface area contributed by atoms with Gasteiger partial charge in [0.05, 0.1) is 16.6 Å². The van der Waals surface area contributed by atoms with Gasteiger partial charge in [-0.2, -0.15) is 0 Å². The van der Waals surface area contributed by atoms with Crippen molar-refractivity contribution in [1.29, 1.82) is 0 Å². The van der Waals surface area contributed by atoms with Gasteiger partial charge in [-0.05, 0) is 13.0 Å². The second-order valence-corrected chi connectivity index (χ2v) is 2.73. The summed E-state index contributed by atoms with van der Waals surface area (Å²) in [7, 11) is 0. The summed E-state index contributed by atoms with van der Waals surface area (Å²) in [6, 6.07) is 1.57. The highest BCUT2D eigenvalue weighted by molar-refractivity contribution is 5.78. The minimum atomic E-state index is -0.506. The standard InChI is InChI=1S/C8H7N3O2/c1-4-6-5(2-3-9-4)7(12)11-8(13)10-6/h2-3H,1H3,(H2,10,11,12,13). The first-order valence-corrected chi connectivity index (χ1v) is 3.76. The lowest BCUT2D eigenvalue weighted by Crippen LogP contribution is -2.22. The van der Waals surface area contributed by atoms with E-state index in [9.17, 15) is 9.59 Å². The van der Waals surface area contributed by atoms with E-state index in [0.29, 0.717) is 16.6 Å². The molecular weight excluding hydrogens is 170 g/mol. The van der Waals surface area contributed by atoms with E-state index in [1.807, 2.05) is 0 Å². The fraction of sp³-hybridized carbons (Fsp3) is 0.125. The predicted octanol–water partition coefficient (Wildman–Crippen LogP) is -0.0802. The van der Waals surface area contributed by atoms with Gasteiger partial charge in [-0.3, -0.25) is 14.8 Å². The second kappa shape index (κ2) is 2.55. The van der Waals surface area contributed by atoms with Crippen molar-refractivity contribution >= 4 is 10.9 Å². The van der Waals surface area contributed by atoms with Crippen LogP contribution < -0.4 is 11.2 Å². The van der Waals surface area contributed by atoms with Crippen LogP contribution in [0.2, 0.25) is 0 Å². The summed E-state index contributed by atoms with van der Waals surface area (Å²) in [5, 5.41) is 0.451. The van der Waals surface area contributed by atoms with Gasteiger partial charge in [0.15, 0.2) is 0 Å². The van der Waals surface area contributed by atoms with Crippen LogP contribution in [-0.4, -0.2) is 15.0 Å². The largest absolute Gasteiger partial charge is 0.326 e. The Balaban J connectivity index is 3.12. The monoisotopic (exact) mass is 177 g/mol. The molecular formula is C8H7N3O2. The van der Waals surface area contributed by atoms with Gasteiger partial charge in [0.25, 0.3) is 5.56 Å². The molecule has 0 radical (unpaired) electrons. The van der Waals surface area contributed by atoms with Crippen molar-refractivity contribution < 1.29 is 0 Å². The molecule has 2 rings (SSSR count). The number of H-pyrrole nitrogens is 2. The third-order valence-corrected chi connectivity index (χ3v) is 1.85. The van der Waals surface area contributed by atoms with Crippen LogP contribution in [0.1, 0.15) is 5.69 Å². The van der Waals surface area contributed by atoms with E-state index in [0.717, 1.165) is 0 Å². The lowest BCUT2D eigenvalue weighted by molar-refractivity contribution is 1.06. The summed E-state index contributed by atoms with van der Waals surface area (Å²) in [4.78, 5) is 30.8. The first kappa shape index (κ1) is 7.72. The number of rotatable bonds is 0. The molecule has 0 saturated carbocycles. The number of nitrogens with one attached hydrogen (secondary N) is 2. The van der Waals surface area contributed by atoms with Crippen LogP contribution in [0, 0.1) is 6.92 Å². The molecule has 2 aromatic rings. The Morgan fingerprint density at radius 2 is 2.08 bits per heavy atom. The van der Waals surface area contributed by atoms with Crippen LogP contribution in [0.5, 0.6) is 0 Å². The van der Waals surface area contributed by atoms with Crippen LogP contribution in [0.4, 0.5) is 0 Å². The van der Waals surface area contributed by atoms with Gasteiger partial charge in [-0.1, -0.05) is 0 Å². The van der Waals surface area contributed by atoms with Crippen LogP contribution >= 0.6 is 0 Å². The zero-order valence-electron chi connectivity index (χ0n) is 6.92. The average molecular weight is 177 g/mol. The molecule has 0 aliphatic carbocycles. The molecule has 0 fully saturated rings. The molecule has 0 unspecified atom stereocenters. The van der Waals surface area contributed by atoms with E-state index in [1.54, 1.807) is 13.0 Å². The summed E-state index contributed by atoms with van der Waals surface area (Å²) in [6.07, 6.45) is 1.53. The number of hydrogen-bond acceptors (Lipinski definition) is 3. The van der Waals surface area contributed by atoms with Crippen molar-refractivity contribution in [3.05, 3.63) is 38.8 Å². The van der Waals surface area contributed by atoms with Crippen molar-refractivity contribution in [2.24, 2.45) is 0 Å². The fourth-order valence-electron chi connectivity index (χ4n) is 1.23. The highest BCUT2D eigenvalue weighted by Gasteiger charge is 2.02. The van der Waals surface area contributed by atoms with Crippen LogP contribution in [-0.2, 0) is 0 Å². The van der Waals surface area contributed by atoms with E-state index in [2.05, 4.69) is 15.0 Å². The van der Waals surface area contributed by atoms with Gasteiger partial charge < -0.3 is 4.98 Å². The lowest BCUT2D eigenvalue weighted by Gasteiger charge is -1.97. The maximum Gasteiger partial charge on any atom is 0.326 e. The van der Waals surface area contributed by atoms with E-state index < -0.39 is 5.69 Å². The summed E-state index contributed by atoms with van der Waals surface area (Å²) >= 11 is 0. The van der Waals surface area contributed by atoms with Crippen LogP contribution in [0.25, 0.3) is 10.9 Å². The molecule has 0 bridgehead atoms. The maximum absolute atomic E-state index is 11.2. The Morgan fingerprint density at radius 1 is 1.31 bits per heavy atom. The van der Waals surface area contributed by atoms with Gasteiger partial charge >= 0.3 is 5.69 Å². The molecule has 0 aliphatic heterocycles. The van der Waals surface area contributed by atoms with Crippen LogP contribution in [0.3, 0.4) is 0 Å². The Bertz CT molecular complexity index is 567. The van der Waals surface area contributed by atoms with E-state index >= 15 is 0 Å². The Morgan fingerprint density at radius 3 is 2.85 bits per heavy atom. The molecule has 0 atom stereocenters. The van der Waals surface area contributed by atoms with E-state index in [4.69, 9.17) is 0 Å². The molecule has 2 N–H and O–H groups in total. The molecule has 0 saturated heterocycles. The quantitative estimate of drug-likeness (QED) is 0.590. The van der Waals surface area contributed by atoms with E-state index in [-0.39, 0.29) is 5.56 Å². The van der Waals surface area contributed by atoms with Crippen LogP contribution in [0.15, 0.2) is 21.9 Å². The SMILES string of the molecule is Cc1nccc2c(=O)[nH]c(=O)[nH]c12. The smallest absolute Gasteiger partial charge is 0.305 e. The predicted molar refractivity (Wildman–Crippen MR) is 47.7 cm³/mol. The van der Waals surface area contributed by atoms with Gasteiger partial charge in [0.1, 0.15) is 0 Å². The number of aromatic nitrogens is 3. The topological polar surface area (TPSA) is 78.6 Å². The molecule has 2 heterocycles. The highest BCUT2D eigenvalue weighted by Crippen LogP contribution is 2.05. The Hall–Kier alpha value is -1.91. The zero-order valence-corrected chi connectivity index (χ0v) is 6.92. The van der Waals surface area contributed by atoms with Crippen molar-refractivity contribution in [3.63, 3.8) is 0 Å². The molecule has 5 nitrogen and oxygen atoms in total. The van der Waals surface area contributed by atoms with Crippen molar-refractivity contribution in [1.82, 2.24) is 15.0 Å². The average Bonchev–Trinajstić information content (AvgIpc) is 2.07. The minimum absolute atomic E-state index is 0.385. The molecule has 0 spiro atoms. The summed E-state index contributed by atoms with van der Waals surface area (Å²) < 4.78 is 0. The van der Waals surface area contributed by atoms with Gasteiger partial charge in [-0.15, -0.1) is 0 Å². The molecule has 66 valence electrons. The normalized spacial score (nSPS) is 10.5. The summed E-state index contributed by atoms with van der Waals surface area (Å²) in [5.74, 6) is 0. The molecule has 0 amide bonds. The van der Waals surface area contributed by atoms with Gasteiger partial charge in [-0.25, -0.2) is 4.79 Å². The first-order chi connectivity index (χ1) is 6.18. The fourth-order valence-corrected chi connectivity index (χ4v) is 1.23. The molecule has 0 aromatic carbocycles. The molecule has 13 heavy (non-hydrogen) atoms. The third-order valence-electron chi connectivity index (χ3n) is 1.85. The Labute approximate surface area is 72.5 Å². The van der Waals surface area contributed by atoms with Gasteiger partial charge in [0.2, 0.25) is 0 Å². The number of aryl methyl sites for hydroxylation is 1. The second-order valence-electron chi connectivity index (χ2n) is 2.73. The minimum Gasteiger partial charge on any atom is -0.305 e. The number of fused-ring (bicyclic) bond motifs is 1. The molecule has 0 aliphatic rings. The van der Waals surface area contributed by atoms with Gasteiger partial charge in [0, 0.05) is 6.20 Å². The van der Waals surface area contributed by atoms with E-state index in [1.165, 1.54) is 6.20 Å². The third kappa shape index (κ3) is 1.14. The van der Waals surface area contributed by atoms with Crippen molar-refractivity contribution in [3.8, 4) is 0 Å². The molecule has 5 heteroatoms.